The number of fused-ring (bicyclic) bond motifs is 2. The first-order valence-corrected chi connectivity index (χ1v) is 12.7. The van der Waals surface area contributed by atoms with Crippen LogP contribution in [0.3, 0.4) is 0 Å². The molecule has 184 valence electrons. The fraction of sp³-hybridized carbons (Fsp3) is 0.462. The number of aromatic nitrogens is 5. The van der Waals surface area contributed by atoms with E-state index >= 15 is 0 Å². The highest BCUT2D eigenvalue weighted by molar-refractivity contribution is 6.01. The van der Waals surface area contributed by atoms with E-state index in [0.29, 0.717) is 43.8 Å². The number of likely N-dealkylation sites (tertiary alicyclic amines) is 1. The number of H-pyrrole nitrogens is 1. The van der Waals surface area contributed by atoms with Crippen LogP contribution in [0, 0.1) is 5.92 Å². The Morgan fingerprint density at radius 1 is 1.14 bits per heavy atom. The Kier molecular flexibility index (Phi) is 5.00. The maximum atomic E-state index is 12.8. The van der Waals surface area contributed by atoms with Crippen LogP contribution in [0.25, 0.3) is 0 Å². The lowest BCUT2D eigenvalue weighted by atomic mass is 9.84. The maximum absolute atomic E-state index is 12.8. The van der Waals surface area contributed by atoms with Crippen molar-refractivity contribution >= 4 is 17.6 Å². The minimum absolute atomic E-state index is 0.183. The lowest BCUT2D eigenvalue weighted by molar-refractivity contribution is -0.163. The summed E-state index contributed by atoms with van der Waals surface area (Å²) in [6.07, 6.45) is 9.52. The van der Waals surface area contributed by atoms with Crippen molar-refractivity contribution in [2.45, 2.75) is 56.6 Å². The average Bonchev–Trinajstić information content (AvgIpc) is 3.61. The second-order valence-electron chi connectivity index (χ2n) is 10.6. The molecule has 10 nitrogen and oxygen atoms in total. The van der Waals surface area contributed by atoms with Gasteiger partial charge < -0.3 is 15.1 Å². The summed E-state index contributed by atoms with van der Waals surface area (Å²) in [4.78, 5) is 29.6. The van der Waals surface area contributed by atoms with E-state index in [1.807, 2.05) is 17.3 Å². The van der Waals surface area contributed by atoms with Crippen molar-refractivity contribution in [1.82, 2.24) is 30.3 Å². The molecule has 7 rings (SSSR count). The smallest absolute Gasteiger partial charge is 0.223 e. The van der Waals surface area contributed by atoms with E-state index < -0.39 is 5.60 Å². The molecule has 2 N–H and O–H groups in total. The van der Waals surface area contributed by atoms with Crippen LogP contribution < -0.4 is 5.32 Å². The minimum atomic E-state index is -0.413. The highest BCUT2D eigenvalue weighted by atomic mass is 16.7. The fourth-order valence-electron chi connectivity index (χ4n) is 5.98. The second kappa shape index (κ2) is 8.39. The van der Waals surface area contributed by atoms with Gasteiger partial charge >= 0.3 is 0 Å². The van der Waals surface area contributed by atoms with Gasteiger partial charge in [0.25, 0.3) is 0 Å². The number of hydrogen-bond donors (Lipinski definition) is 2. The Balaban J connectivity index is 0.904. The van der Waals surface area contributed by atoms with Gasteiger partial charge in [0.05, 0.1) is 30.2 Å². The molecule has 4 heterocycles. The van der Waals surface area contributed by atoms with Crippen molar-refractivity contribution in [2.75, 3.05) is 18.4 Å². The lowest BCUT2D eigenvalue weighted by Gasteiger charge is -2.45. The molecule has 10 heteroatoms. The summed E-state index contributed by atoms with van der Waals surface area (Å²) in [5.74, 6) is 1.14. The normalized spacial score (nSPS) is 21.9. The number of aryl methyl sites for hydroxylation is 1. The number of oxime groups is 1. The number of nitrogens with zero attached hydrogens (tertiary/aromatic N) is 6. The van der Waals surface area contributed by atoms with Crippen molar-refractivity contribution in [3.05, 3.63) is 64.7 Å². The number of aromatic amines is 1. The first kappa shape index (κ1) is 21.5. The number of nitrogens with one attached hydrogen (secondary N) is 2. The van der Waals surface area contributed by atoms with E-state index in [2.05, 4.69) is 60.1 Å². The van der Waals surface area contributed by atoms with Crippen molar-refractivity contribution in [3.63, 3.8) is 0 Å². The Hall–Kier alpha value is -3.82. The average molecular weight is 485 g/mol. The predicted molar refractivity (Wildman–Crippen MR) is 131 cm³/mol. The molecule has 0 saturated carbocycles. The van der Waals surface area contributed by atoms with Crippen LogP contribution in [0.5, 0.6) is 0 Å². The van der Waals surface area contributed by atoms with Crippen LogP contribution in [0.4, 0.5) is 5.95 Å². The maximum Gasteiger partial charge on any atom is 0.223 e. The predicted octanol–water partition coefficient (Wildman–Crippen LogP) is 2.07. The summed E-state index contributed by atoms with van der Waals surface area (Å²) >= 11 is 0. The summed E-state index contributed by atoms with van der Waals surface area (Å²) < 4.78 is 0. The molecule has 3 aromatic rings. The topological polar surface area (TPSA) is 121 Å². The van der Waals surface area contributed by atoms with Gasteiger partial charge in [-0.05, 0) is 49.1 Å². The van der Waals surface area contributed by atoms with Gasteiger partial charge in [-0.1, -0.05) is 34.6 Å². The van der Waals surface area contributed by atoms with Gasteiger partial charge in [0, 0.05) is 36.8 Å². The fourth-order valence-corrected chi connectivity index (χ4v) is 5.98. The molecule has 0 radical (unpaired) electrons. The first-order valence-electron chi connectivity index (χ1n) is 12.7. The minimum Gasteiger partial charge on any atom is -0.385 e. The van der Waals surface area contributed by atoms with E-state index in [1.54, 1.807) is 0 Å². The molecule has 2 aromatic heterocycles. The molecule has 1 fully saturated rings. The SMILES string of the molecule is O=C(C[C@H]1CCc2[nH]nnc2C1)N1CC2(CC(c3cnc(NC4Cc5ccccc5C4)nc3)=NO2)C1. The molecule has 1 amide bonds. The third-order valence-electron chi connectivity index (χ3n) is 7.97. The standard InChI is InChI=1S/C26H28N8O2/c35-24(8-16-5-6-21-22(7-16)31-33-30-21)34-14-26(15-34)11-23(32-36-26)19-12-27-25(28-13-19)29-20-9-17-3-1-2-4-18(17)10-20/h1-4,12-13,16,20H,5-11,14-15H2,(H,27,28,29)(H,30,31,33)/t16-/m0/s1. The van der Waals surface area contributed by atoms with Gasteiger partial charge in [-0.3, -0.25) is 9.89 Å². The monoisotopic (exact) mass is 484 g/mol. The molecule has 1 saturated heterocycles. The summed E-state index contributed by atoms with van der Waals surface area (Å²) in [7, 11) is 0. The van der Waals surface area contributed by atoms with Gasteiger partial charge in [-0.2, -0.15) is 0 Å². The molecule has 4 aliphatic rings. The third-order valence-corrected chi connectivity index (χ3v) is 7.97. The number of anilines is 1. The van der Waals surface area contributed by atoms with Crippen molar-refractivity contribution in [2.24, 2.45) is 11.1 Å². The summed E-state index contributed by atoms with van der Waals surface area (Å²) in [5, 5.41) is 18.8. The molecule has 1 spiro atoms. The highest BCUT2D eigenvalue weighted by Crippen LogP contribution is 2.36. The summed E-state index contributed by atoms with van der Waals surface area (Å²) in [6, 6.07) is 8.87. The van der Waals surface area contributed by atoms with Crippen molar-refractivity contribution in [1.29, 1.82) is 0 Å². The number of carbonyl (C=O) groups is 1. The van der Waals surface area contributed by atoms with Gasteiger partial charge in [-0.25, -0.2) is 9.97 Å². The van der Waals surface area contributed by atoms with E-state index in [1.165, 1.54) is 11.1 Å². The van der Waals surface area contributed by atoms with Crippen LogP contribution in [0.1, 0.15) is 47.3 Å². The number of amides is 1. The van der Waals surface area contributed by atoms with Crippen LogP contribution in [0.15, 0.2) is 41.8 Å². The highest BCUT2D eigenvalue weighted by Gasteiger charge is 2.51. The zero-order valence-electron chi connectivity index (χ0n) is 20.0. The Labute approximate surface area is 208 Å². The molecule has 2 aliphatic heterocycles. The molecule has 36 heavy (non-hydrogen) atoms. The van der Waals surface area contributed by atoms with Crippen molar-refractivity contribution in [3.8, 4) is 0 Å². The van der Waals surface area contributed by atoms with E-state index in [9.17, 15) is 4.79 Å². The van der Waals surface area contributed by atoms with E-state index in [-0.39, 0.29) is 5.91 Å². The van der Waals surface area contributed by atoms with Crippen LogP contribution in [-0.2, 0) is 35.3 Å². The van der Waals surface area contributed by atoms with E-state index in [0.717, 1.165) is 54.8 Å². The molecule has 1 aromatic carbocycles. The second-order valence-corrected chi connectivity index (χ2v) is 10.6. The molecule has 2 aliphatic carbocycles. The third kappa shape index (κ3) is 3.90. The van der Waals surface area contributed by atoms with Crippen molar-refractivity contribution < 1.29 is 9.63 Å². The van der Waals surface area contributed by atoms with Gasteiger partial charge in [0.15, 0.2) is 5.60 Å². The number of carbonyl (C=O) groups excluding carboxylic acids is 1. The van der Waals surface area contributed by atoms with Crippen LogP contribution in [0.2, 0.25) is 0 Å². The largest absolute Gasteiger partial charge is 0.385 e. The summed E-state index contributed by atoms with van der Waals surface area (Å²) in [6.45, 7) is 1.15. The molecule has 1 atom stereocenters. The zero-order valence-corrected chi connectivity index (χ0v) is 20.0. The molecule has 0 bridgehead atoms. The molecular weight excluding hydrogens is 456 g/mol. The first-order chi connectivity index (χ1) is 17.6. The lowest BCUT2D eigenvalue weighted by Crippen LogP contribution is -2.63. The Morgan fingerprint density at radius 3 is 2.69 bits per heavy atom. The zero-order chi connectivity index (χ0) is 24.1. The Bertz CT molecular complexity index is 1300. The summed E-state index contributed by atoms with van der Waals surface area (Å²) in [5.41, 5.74) is 6.20. The molecular formula is C26H28N8O2. The van der Waals surface area contributed by atoms with Gasteiger partial charge in [0.2, 0.25) is 11.9 Å². The van der Waals surface area contributed by atoms with Gasteiger partial charge in [0.1, 0.15) is 0 Å². The number of rotatable bonds is 5. The number of hydrogen-bond acceptors (Lipinski definition) is 8. The van der Waals surface area contributed by atoms with Crippen LogP contribution in [-0.4, -0.2) is 66.6 Å². The quantitative estimate of drug-likeness (QED) is 0.569. The van der Waals surface area contributed by atoms with Gasteiger partial charge in [-0.15, -0.1) is 5.10 Å². The Morgan fingerprint density at radius 2 is 1.92 bits per heavy atom. The van der Waals surface area contributed by atoms with E-state index in [4.69, 9.17) is 4.84 Å². The molecule has 0 unspecified atom stereocenters. The van der Waals surface area contributed by atoms with Crippen LogP contribution >= 0.6 is 0 Å². The number of benzene rings is 1.